The monoisotopic (exact) mass is 348 g/mol. The number of para-hydroxylation sites is 3. The fourth-order valence-corrected chi connectivity index (χ4v) is 2.73. The first-order chi connectivity index (χ1) is 12.6. The minimum atomic E-state index is -0.751. The van der Waals surface area contributed by atoms with Crippen LogP contribution in [0.1, 0.15) is 17.4 Å². The molecule has 2 aromatic heterocycles. The van der Waals surface area contributed by atoms with Crippen molar-refractivity contribution in [1.82, 2.24) is 25.2 Å². The molecule has 4 rings (SSSR count). The van der Waals surface area contributed by atoms with Crippen LogP contribution in [0.4, 0.5) is 0 Å². The molecule has 0 unspecified atom stereocenters. The molecule has 3 N–H and O–H groups in total. The number of carbonyl (C=O) groups excluding carboxylic acids is 2. The molecule has 2 amide bonds. The first kappa shape index (κ1) is 15.8. The van der Waals surface area contributed by atoms with Gasteiger partial charge < -0.3 is 5.32 Å². The fourth-order valence-electron chi connectivity index (χ4n) is 2.73. The minimum absolute atomic E-state index is 0.258. The van der Waals surface area contributed by atoms with Crippen LogP contribution in [0.2, 0.25) is 0 Å². The second-order valence-corrected chi connectivity index (χ2v) is 5.89. The van der Waals surface area contributed by atoms with Crippen molar-refractivity contribution in [3.05, 3.63) is 60.6 Å². The standard InChI is InChI=1S/C18H16N6O2/c1-11(17(25)23-24-10-19-14-8-4-5-9-15(14)24)20-18(26)16-12-6-2-3-7-13(12)21-22-16/h2-11H,1H3,(H,20,26)(H,21,22)(H,23,25)/t11-/m0/s1. The number of nitrogens with one attached hydrogen (secondary N) is 3. The molecule has 0 spiro atoms. The predicted octanol–water partition coefficient (Wildman–Crippen LogP) is 1.80. The van der Waals surface area contributed by atoms with Gasteiger partial charge >= 0.3 is 0 Å². The highest BCUT2D eigenvalue weighted by molar-refractivity contribution is 6.06. The molecule has 4 aromatic rings. The highest BCUT2D eigenvalue weighted by Gasteiger charge is 2.20. The fraction of sp³-hybridized carbons (Fsp3) is 0.111. The van der Waals surface area contributed by atoms with Gasteiger partial charge in [-0.05, 0) is 25.1 Å². The Labute approximate surface area is 148 Å². The Hall–Kier alpha value is -3.68. The van der Waals surface area contributed by atoms with E-state index >= 15 is 0 Å². The molecule has 2 heterocycles. The molecular formula is C18H16N6O2. The number of imidazole rings is 1. The molecule has 0 aliphatic rings. The summed E-state index contributed by atoms with van der Waals surface area (Å²) in [5.74, 6) is -0.776. The Morgan fingerprint density at radius 1 is 1.12 bits per heavy atom. The van der Waals surface area contributed by atoms with Gasteiger partial charge in [-0.25, -0.2) is 9.66 Å². The first-order valence-corrected chi connectivity index (χ1v) is 8.10. The Kier molecular flexibility index (Phi) is 3.85. The quantitative estimate of drug-likeness (QED) is 0.523. The predicted molar refractivity (Wildman–Crippen MR) is 97.1 cm³/mol. The van der Waals surface area contributed by atoms with Crippen LogP contribution in [0.25, 0.3) is 21.9 Å². The number of benzene rings is 2. The summed E-state index contributed by atoms with van der Waals surface area (Å²) in [6.45, 7) is 1.61. The van der Waals surface area contributed by atoms with Gasteiger partial charge in [0.1, 0.15) is 12.4 Å². The second-order valence-electron chi connectivity index (χ2n) is 5.89. The third-order valence-electron chi connectivity index (χ3n) is 4.11. The summed E-state index contributed by atoms with van der Waals surface area (Å²) < 4.78 is 1.53. The minimum Gasteiger partial charge on any atom is -0.339 e. The van der Waals surface area contributed by atoms with E-state index in [2.05, 4.69) is 25.9 Å². The van der Waals surface area contributed by atoms with Crippen LogP contribution in [0, 0.1) is 0 Å². The summed E-state index contributed by atoms with van der Waals surface area (Å²) in [4.78, 5) is 29.1. The molecule has 130 valence electrons. The Bertz CT molecular complexity index is 1110. The molecule has 0 fully saturated rings. The summed E-state index contributed by atoms with van der Waals surface area (Å²) in [7, 11) is 0. The van der Waals surface area contributed by atoms with E-state index in [1.165, 1.54) is 11.0 Å². The molecule has 0 saturated carbocycles. The SMILES string of the molecule is C[C@H](NC(=O)c1n[nH]c2ccccc12)C(=O)Nn1cnc2ccccc21. The molecule has 26 heavy (non-hydrogen) atoms. The van der Waals surface area contributed by atoms with Crippen molar-refractivity contribution >= 4 is 33.8 Å². The van der Waals surface area contributed by atoms with Gasteiger partial charge in [0, 0.05) is 5.39 Å². The van der Waals surface area contributed by atoms with E-state index in [1.54, 1.807) is 13.0 Å². The number of aromatic amines is 1. The van der Waals surface area contributed by atoms with Crippen molar-refractivity contribution in [2.75, 3.05) is 5.43 Å². The molecular weight excluding hydrogens is 332 g/mol. The summed E-state index contributed by atoms with van der Waals surface area (Å²) in [5, 5.41) is 10.2. The lowest BCUT2D eigenvalue weighted by Crippen LogP contribution is -2.43. The zero-order chi connectivity index (χ0) is 18.1. The average Bonchev–Trinajstić information content (AvgIpc) is 3.26. The smallest absolute Gasteiger partial charge is 0.273 e. The first-order valence-electron chi connectivity index (χ1n) is 8.10. The summed E-state index contributed by atoms with van der Waals surface area (Å²) in [6, 6.07) is 14.0. The van der Waals surface area contributed by atoms with Crippen LogP contribution >= 0.6 is 0 Å². The molecule has 0 radical (unpaired) electrons. The van der Waals surface area contributed by atoms with E-state index in [1.807, 2.05) is 42.5 Å². The molecule has 0 saturated heterocycles. The lowest BCUT2D eigenvalue weighted by molar-refractivity contribution is -0.118. The Balaban J connectivity index is 1.48. The van der Waals surface area contributed by atoms with Crippen molar-refractivity contribution in [2.45, 2.75) is 13.0 Å². The highest BCUT2D eigenvalue weighted by atomic mass is 16.2. The van der Waals surface area contributed by atoms with Gasteiger partial charge in [0.2, 0.25) is 0 Å². The number of hydrogen-bond acceptors (Lipinski definition) is 4. The second kappa shape index (κ2) is 6.32. The molecule has 8 nitrogen and oxygen atoms in total. The lowest BCUT2D eigenvalue weighted by Gasteiger charge is -2.14. The van der Waals surface area contributed by atoms with Crippen molar-refractivity contribution in [1.29, 1.82) is 0 Å². The number of rotatable bonds is 4. The van der Waals surface area contributed by atoms with Gasteiger partial charge in [-0.3, -0.25) is 20.1 Å². The number of H-pyrrole nitrogens is 1. The van der Waals surface area contributed by atoms with Gasteiger partial charge in [-0.15, -0.1) is 0 Å². The molecule has 0 bridgehead atoms. The van der Waals surface area contributed by atoms with E-state index in [4.69, 9.17) is 0 Å². The van der Waals surface area contributed by atoms with E-state index in [0.717, 1.165) is 16.6 Å². The average molecular weight is 348 g/mol. The van der Waals surface area contributed by atoms with Gasteiger partial charge in [-0.1, -0.05) is 30.3 Å². The number of aromatic nitrogens is 4. The van der Waals surface area contributed by atoms with E-state index in [9.17, 15) is 9.59 Å². The third kappa shape index (κ3) is 2.77. The maximum absolute atomic E-state index is 12.5. The number of hydrogen-bond donors (Lipinski definition) is 3. The Morgan fingerprint density at radius 2 is 1.88 bits per heavy atom. The normalized spacial score (nSPS) is 12.2. The molecule has 2 aromatic carbocycles. The Morgan fingerprint density at radius 3 is 2.77 bits per heavy atom. The van der Waals surface area contributed by atoms with E-state index < -0.39 is 11.9 Å². The zero-order valence-electron chi connectivity index (χ0n) is 13.9. The topological polar surface area (TPSA) is 105 Å². The number of fused-ring (bicyclic) bond motifs is 2. The molecule has 8 heteroatoms. The van der Waals surface area contributed by atoms with Crippen LogP contribution in [0.15, 0.2) is 54.9 Å². The van der Waals surface area contributed by atoms with Crippen molar-refractivity contribution in [2.24, 2.45) is 0 Å². The molecule has 0 aliphatic heterocycles. The molecule has 1 atom stereocenters. The highest BCUT2D eigenvalue weighted by Crippen LogP contribution is 2.15. The zero-order valence-corrected chi connectivity index (χ0v) is 13.9. The van der Waals surface area contributed by atoms with E-state index in [0.29, 0.717) is 5.39 Å². The van der Waals surface area contributed by atoms with Crippen molar-refractivity contribution < 1.29 is 9.59 Å². The van der Waals surface area contributed by atoms with Crippen LogP contribution in [0.5, 0.6) is 0 Å². The van der Waals surface area contributed by atoms with Gasteiger partial charge in [0.15, 0.2) is 5.69 Å². The maximum Gasteiger partial charge on any atom is 0.273 e. The number of carbonyl (C=O) groups is 2. The van der Waals surface area contributed by atoms with Gasteiger partial charge in [0.05, 0.1) is 16.6 Å². The van der Waals surface area contributed by atoms with Crippen LogP contribution in [0.3, 0.4) is 0 Å². The van der Waals surface area contributed by atoms with Gasteiger partial charge in [0.25, 0.3) is 11.8 Å². The number of nitrogens with zero attached hydrogens (tertiary/aromatic N) is 3. The van der Waals surface area contributed by atoms with Crippen LogP contribution in [-0.4, -0.2) is 37.7 Å². The van der Waals surface area contributed by atoms with Crippen molar-refractivity contribution in [3.63, 3.8) is 0 Å². The van der Waals surface area contributed by atoms with Crippen LogP contribution < -0.4 is 10.7 Å². The summed E-state index contributed by atoms with van der Waals surface area (Å²) >= 11 is 0. The summed E-state index contributed by atoms with van der Waals surface area (Å²) in [6.07, 6.45) is 1.53. The van der Waals surface area contributed by atoms with E-state index in [-0.39, 0.29) is 11.6 Å². The van der Waals surface area contributed by atoms with Gasteiger partial charge in [-0.2, -0.15) is 5.10 Å². The summed E-state index contributed by atoms with van der Waals surface area (Å²) in [5.41, 5.74) is 5.29. The lowest BCUT2D eigenvalue weighted by atomic mass is 10.2. The maximum atomic E-state index is 12.5. The third-order valence-corrected chi connectivity index (χ3v) is 4.11. The number of amides is 2. The van der Waals surface area contributed by atoms with Crippen molar-refractivity contribution in [3.8, 4) is 0 Å². The largest absolute Gasteiger partial charge is 0.339 e. The molecule has 0 aliphatic carbocycles. The van der Waals surface area contributed by atoms with Crippen LogP contribution in [-0.2, 0) is 4.79 Å².